The highest BCUT2D eigenvalue weighted by Crippen LogP contribution is 2.27. The second-order valence-electron chi connectivity index (χ2n) is 7.19. The summed E-state index contributed by atoms with van der Waals surface area (Å²) in [6, 6.07) is 8.42. The molecule has 0 aliphatic rings. The third-order valence-corrected chi connectivity index (χ3v) is 3.86. The maximum Gasteiger partial charge on any atom is 0.122 e. The third-order valence-electron chi connectivity index (χ3n) is 3.86. The monoisotopic (exact) mass is 291 g/mol. The summed E-state index contributed by atoms with van der Waals surface area (Å²) in [4.78, 5) is 0. The molecule has 21 heavy (non-hydrogen) atoms. The Morgan fingerprint density at radius 3 is 2.52 bits per heavy atom. The summed E-state index contributed by atoms with van der Waals surface area (Å²) in [6.45, 7) is 11.4. The van der Waals surface area contributed by atoms with Crippen LogP contribution in [0, 0.1) is 11.3 Å². The number of benzene rings is 1. The van der Waals surface area contributed by atoms with Crippen LogP contribution in [0.25, 0.3) is 0 Å². The summed E-state index contributed by atoms with van der Waals surface area (Å²) >= 11 is 0. The van der Waals surface area contributed by atoms with E-state index in [1.54, 1.807) is 7.11 Å². The SMILES string of the molecule is CCCNCC(CCC(C)(C)C)Cc1ccccc1OC. The van der Waals surface area contributed by atoms with Crippen molar-refractivity contribution in [3.05, 3.63) is 29.8 Å². The van der Waals surface area contributed by atoms with Gasteiger partial charge >= 0.3 is 0 Å². The lowest BCUT2D eigenvalue weighted by atomic mass is 9.84. The molecule has 0 spiro atoms. The van der Waals surface area contributed by atoms with Gasteiger partial charge in [-0.25, -0.2) is 0 Å². The number of ether oxygens (including phenoxy) is 1. The van der Waals surface area contributed by atoms with Crippen molar-refractivity contribution in [2.45, 2.75) is 53.4 Å². The Bertz CT molecular complexity index is 395. The molecule has 1 rings (SSSR count). The zero-order valence-corrected chi connectivity index (χ0v) is 14.5. The predicted octanol–water partition coefficient (Wildman–Crippen LogP) is 4.68. The van der Waals surface area contributed by atoms with Crippen LogP contribution in [0.1, 0.15) is 52.5 Å². The Kier molecular flexibility index (Phi) is 7.81. The molecular formula is C19H33NO. The maximum absolute atomic E-state index is 5.50. The van der Waals surface area contributed by atoms with Crippen molar-refractivity contribution in [1.82, 2.24) is 5.32 Å². The Labute approximate surface area is 131 Å². The van der Waals surface area contributed by atoms with E-state index in [1.165, 1.54) is 24.8 Å². The molecule has 0 bridgehead atoms. The van der Waals surface area contributed by atoms with Crippen molar-refractivity contribution in [3.8, 4) is 5.75 Å². The van der Waals surface area contributed by atoms with Crippen LogP contribution in [0.4, 0.5) is 0 Å². The van der Waals surface area contributed by atoms with Gasteiger partial charge in [-0.2, -0.15) is 0 Å². The van der Waals surface area contributed by atoms with Crippen molar-refractivity contribution in [2.75, 3.05) is 20.2 Å². The molecule has 1 aromatic carbocycles. The molecule has 2 nitrogen and oxygen atoms in total. The molecule has 0 amide bonds. The summed E-state index contributed by atoms with van der Waals surface area (Å²) in [5.74, 6) is 1.70. The van der Waals surface area contributed by atoms with Crippen LogP contribution in [0.15, 0.2) is 24.3 Å². The largest absolute Gasteiger partial charge is 0.496 e. The van der Waals surface area contributed by atoms with E-state index in [9.17, 15) is 0 Å². The lowest BCUT2D eigenvalue weighted by Crippen LogP contribution is -2.26. The fraction of sp³-hybridized carbons (Fsp3) is 0.684. The van der Waals surface area contributed by atoms with Crippen LogP contribution in [0.5, 0.6) is 5.75 Å². The van der Waals surface area contributed by atoms with Crippen molar-refractivity contribution < 1.29 is 4.74 Å². The number of rotatable bonds is 9. The molecule has 120 valence electrons. The van der Waals surface area contributed by atoms with Crippen LogP contribution in [0.3, 0.4) is 0 Å². The topological polar surface area (TPSA) is 21.3 Å². The van der Waals surface area contributed by atoms with Gasteiger partial charge < -0.3 is 10.1 Å². The van der Waals surface area contributed by atoms with Crippen molar-refractivity contribution >= 4 is 0 Å². The second kappa shape index (κ2) is 9.09. The summed E-state index contributed by atoms with van der Waals surface area (Å²) in [6.07, 6.45) is 4.82. The van der Waals surface area contributed by atoms with Gasteiger partial charge in [-0.1, -0.05) is 45.9 Å². The first kappa shape index (κ1) is 18.0. The first-order valence-electron chi connectivity index (χ1n) is 8.29. The molecule has 0 saturated carbocycles. The molecule has 0 heterocycles. The predicted molar refractivity (Wildman–Crippen MR) is 92.0 cm³/mol. The fourth-order valence-corrected chi connectivity index (χ4v) is 2.58. The highest BCUT2D eigenvalue weighted by Gasteiger charge is 2.17. The molecule has 0 radical (unpaired) electrons. The Morgan fingerprint density at radius 2 is 1.90 bits per heavy atom. The number of hydrogen-bond donors (Lipinski definition) is 1. The standard InChI is InChI=1S/C19H33NO/c1-6-13-20-15-16(11-12-19(2,3)4)14-17-9-7-8-10-18(17)21-5/h7-10,16,20H,6,11-15H2,1-5H3. The average Bonchev–Trinajstić information content (AvgIpc) is 2.44. The van der Waals surface area contributed by atoms with Gasteiger partial charge in [-0.05, 0) is 61.7 Å². The number of nitrogens with one attached hydrogen (secondary N) is 1. The Balaban J connectivity index is 2.66. The fourth-order valence-electron chi connectivity index (χ4n) is 2.58. The van der Waals surface area contributed by atoms with Crippen LogP contribution in [-0.4, -0.2) is 20.2 Å². The molecule has 0 aromatic heterocycles. The Hall–Kier alpha value is -1.02. The van der Waals surface area contributed by atoms with Gasteiger partial charge in [0, 0.05) is 0 Å². The average molecular weight is 291 g/mol. The third kappa shape index (κ3) is 7.52. The normalized spacial score (nSPS) is 13.2. The molecule has 1 atom stereocenters. The summed E-state index contributed by atoms with van der Waals surface area (Å²) < 4.78 is 5.50. The summed E-state index contributed by atoms with van der Waals surface area (Å²) in [7, 11) is 1.76. The lowest BCUT2D eigenvalue weighted by molar-refractivity contribution is 0.312. The van der Waals surface area contributed by atoms with E-state index in [0.717, 1.165) is 25.3 Å². The first-order valence-corrected chi connectivity index (χ1v) is 8.29. The molecular weight excluding hydrogens is 258 g/mol. The van der Waals surface area contributed by atoms with E-state index in [0.29, 0.717) is 11.3 Å². The molecule has 0 aliphatic carbocycles. The minimum Gasteiger partial charge on any atom is -0.496 e. The van der Waals surface area contributed by atoms with Crippen LogP contribution in [0.2, 0.25) is 0 Å². The molecule has 2 heteroatoms. The minimum absolute atomic E-state index is 0.407. The molecule has 0 saturated heterocycles. The van der Waals surface area contributed by atoms with Crippen molar-refractivity contribution in [2.24, 2.45) is 11.3 Å². The highest BCUT2D eigenvalue weighted by molar-refractivity contribution is 5.33. The van der Waals surface area contributed by atoms with Crippen LogP contribution < -0.4 is 10.1 Å². The summed E-state index contributed by atoms with van der Waals surface area (Å²) in [5.41, 5.74) is 1.74. The van der Waals surface area contributed by atoms with Gasteiger partial charge in [0.15, 0.2) is 0 Å². The zero-order valence-electron chi connectivity index (χ0n) is 14.5. The van der Waals surface area contributed by atoms with E-state index in [2.05, 4.69) is 51.2 Å². The van der Waals surface area contributed by atoms with Crippen LogP contribution >= 0.6 is 0 Å². The van der Waals surface area contributed by atoms with Crippen molar-refractivity contribution in [1.29, 1.82) is 0 Å². The van der Waals surface area contributed by atoms with Gasteiger partial charge in [0.25, 0.3) is 0 Å². The number of methoxy groups -OCH3 is 1. The molecule has 0 aliphatic heterocycles. The van der Waals surface area contributed by atoms with Gasteiger partial charge in [-0.3, -0.25) is 0 Å². The van der Waals surface area contributed by atoms with E-state index in [1.807, 2.05) is 6.07 Å². The van der Waals surface area contributed by atoms with Crippen molar-refractivity contribution in [3.63, 3.8) is 0 Å². The number of para-hydroxylation sites is 1. The number of hydrogen-bond acceptors (Lipinski definition) is 2. The minimum atomic E-state index is 0.407. The quantitative estimate of drug-likeness (QED) is 0.667. The smallest absolute Gasteiger partial charge is 0.122 e. The molecule has 1 unspecified atom stereocenters. The van der Waals surface area contributed by atoms with Gasteiger partial charge in [0.05, 0.1) is 7.11 Å². The highest BCUT2D eigenvalue weighted by atomic mass is 16.5. The van der Waals surface area contributed by atoms with Crippen LogP contribution in [-0.2, 0) is 6.42 Å². The maximum atomic E-state index is 5.50. The van der Waals surface area contributed by atoms with E-state index in [-0.39, 0.29) is 0 Å². The molecule has 1 aromatic rings. The molecule has 1 N–H and O–H groups in total. The molecule has 0 fully saturated rings. The zero-order chi connectivity index (χ0) is 15.7. The lowest BCUT2D eigenvalue weighted by Gasteiger charge is -2.24. The van der Waals surface area contributed by atoms with Gasteiger partial charge in [0.2, 0.25) is 0 Å². The van der Waals surface area contributed by atoms with E-state index >= 15 is 0 Å². The first-order chi connectivity index (χ1) is 9.96. The second-order valence-corrected chi connectivity index (χ2v) is 7.19. The Morgan fingerprint density at radius 1 is 1.19 bits per heavy atom. The van der Waals surface area contributed by atoms with E-state index in [4.69, 9.17) is 4.74 Å². The summed E-state index contributed by atoms with van der Waals surface area (Å²) in [5, 5.41) is 3.59. The van der Waals surface area contributed by atoms with Gasteiger partial charge in [0.1, 0.15) is 5.75 Å². The van der Waals surface area contributed by atoms with Gasteiger partial charge in [-0.15, -0.1) is 0 Å². The van der Waals surface area contributed by atoms with E-state index < -0.39 is 0 Å².